The lowest BCUT2D eigenvalue weighted by Gasteiger charge is -2.22. The molecule has 0 radical (unpaired) electrons. The maximum Gasteiger partial charge on any atom is 0.0297 e. The van der Waals surface area contributed by atoms with Crippen molar-refractivity contribution in [2.45, 2.75) is 39.3 Å². The van der Waals surface area contributed by atoms with Crippen molar-refractivity contribution in [2.24, 2.45) is 0 Å². The van der Waals surface area contributed by atoms with E-state index < -0.39 is 0 Å². The summed E-state index contributed by atoms with van der Waals surface area (Å²) >= 11 is 0. The van der Waals surface area contributed by atoms with Crippen molar-refractivity contribution in [3.05, 3.63) is 48.0 Å². The van der Waals surface area contributed by atoms with E-state index in [1.165, 1.54) is 22.8 Å². The van der Waals surface area contributed by atoms with Gasteiger partial charge >= 0.3 is 0 Å². The number of nitrogens with zero attached hydrogens (tertiary/aromatic N) is 1. The first-order chi connectivity index (χ1) is 10.1. The summed E-state index contributed by atoms with van der Waals surface area (Å²) < 4.78 is 0. The second-order valence-electron chi connectivity index (χ2n) is 6.17. The van der Waals surface area contributed by atoms with Gasteiger partial charge < -0.3 is 10.2 Å². The predicted octanol–water partition coefficient (Wildman–Crippen LogP) is 4.22. The molecule has 0 amide bonds. The van der Waals surface area contributed by atoms with Crippen LogP contribution in [0, 0.1) is 0 Å². The van der Waals surface area contributed by atoms with Crippen molar-refractivity contribution in [2.75, 3.05) is 20.1 Å². The molecular formula is C19H28N2. The van der Waals surface area contributed by atoms with Gasteiger partial charge in [-0.2, -0.15) is 0 Å². The fourth-order valence-electron chi connectivity index (χ4n) is 2.64. The quantitative estimate of drug-likeness (QED) is 0.766. The Morgan fingerprint density at radius 1 is 1.00 bits per heavy atom. The second kappa shape index (κ2) is 7.58. The van der Waals surface area contributed by atoms with Gasteiger partial charge in [0.05, 0.1) is 0 Å². The highest BCUT2D eigenvalue weighted by Gasteiger charge is 2.08. The zero-order valence-electron chi connectivity index (χ0n) is 13.8. The van der Waals surface area contributed by atoms with Gasteiger partial charge in [-0.15, -0.1) is 0 Å². The zero-order chi connectivity index (χ0) is 15.2. The Balaban J connectivity index is 1.92. The molecule has 0 fully saturated rings. The number of nitrogens with one attached hydrogen (secondary N) is 1. The van der Waals surface area contributed by atoms with E-state index in [2.05, 4.69) is 80.5 Å². The Morgan fingerprint density at radius 3 is 2.48 bits per heavy atom. The molecule has 2 heteroatoms. The fraction of sp³-hybridized carbons (Fsp3) is 0.474. The van der Waals surface area contributed by atoms with Crippen LogP contribution in [0.15, 0.2) is 42.5 Å². The fourth-order valence-corrected chi connectivity index (χ4v) is 2.64. The molecule has 0 aromatic heterocycles. The molecule has 0 saturated heterocycles. The van der Waals surface area contributed by atoms with E-state index in [4.69, 9.17) is 0 Å². The molecule has 2 aromatic carbocycles. The van der Waals surface area contributed by atoms with Crippen molar-refractivity contribution in [1.82, 2.24) is 10.2 Å². The SMILES string of the molecule is CC(NCCCN(C)C(C)C)c1cccc2ccccc12. The van der Waals surface area contributed by atoms with Crippen LogP contribution >= 0.6 is 0 Å². The van der Waals surface area contributed by atoms with Crippen molar-refractivity contribution in [1.29, 1.82) is 0 Å². The van der Waals surface area contributed by atoms with Crippen LogP contribution in [0.5, 0.6) is 0 Å². The highest BCUT2D eigenvalue weighted by atomic mass is 15.1. The lowest BCUT2D eigenvalue weighted by atomic mass is 10.00. The summed E-state index contributed by atoms with van der Waals surface area (Å²) in [6, 6.07) is 16.2. The number of hydrogen-bond donors (Lipinski definition) is 1. The van der Waals surface area contributed by atoms with Crippen molar-refractivity contribution in [3.63, 3.8) is 0 Å². The van der Waals surface area contributed by atoms with E-state index >= 15 is 0 Å². The Morgan fingerprint density at radius 2 is 1.71 bits per heavy atom. The minimum atomic E-state index is 0.389. The van der Waals surface area contributed by atoms with Gasteiger partial charge in [0, 0.05) is 12.1 Å². The molecule has 0 saturated carbocycles. The molecule has 2 nitrogen and oxygen atoms in total. The number of hydrogen-bond acceptors (Lipinski definition) is 2. The lowest BCUT2D eigenvalue weighted by molar-refractivity contribution is 0.268. The van der Waals surface area contributed by atoms with E-state index in [-0.39, 0.29) is 0 Å². The van der Waals surface area contributed by atoms with E-state index in [9.17, 15) is 0 Å². The molecule has 0 aliphatic carbocycles. The topological polar surface area (TPSA) is 15.3 Å². The number of benzene rings is 2. The minimum Gasteiger partial charge on any atom is -0.310 e. The van der Waals surface area contributed by atoms with Gasteiger partial charge in [0.25, 0.3) is 0 Å². The average Bonchev–Trinajstić information content (AvgIpc) is 2.50. The molecule has 0 aliphatic heterocycles. The molecular weight excluding hydrogens is 256 g/mol. The van der Waals surface area contributed by atoms with Crippen LogP contribution in [0.25, 0.3) is 10.8 Å². The Labute approximate surface area is 129 Å². The first-order valence-electron chi connectivity index (χ1n) is 8.01. The largest absolute Gasteiger partial charge is 0.310 e. The lowest BCUT2D eigenvalue weighted by Crippen LogP contribution is -2.30. The van der Waals surface area contributed by atoms with Crippen LogP contribution < -0.4 is 5.32 Å². The van der Waals surface area contributed by atoms with E-state index in [1.807, 2.05) is 0 Å². The number of rotatable bonds is 7. The third-order valence-electron chi connectivity index (χ3n) is 4.31. The van der Waals surface area contributed by atoms with Crippen LogP contribution in [-0.4, -0.2) is 31.1 Å². The Bertz CT molecular complexity index is 557. The van der Waals surface area contributed by atoms with Gasteiger partial charge in [0.1, 0.15) is 0 Å². The maximum atomic E-state index is 3.66. The maximum absolute atomic E-state index is 3.66. The molecule has 21 heavy (non-hydrogen) atoms. The highest BCUT2D eigenvalue weighted by molar-refractivity contribution is 5.86. The molecule has 2 rings (SSSR count). The minimum absolute atomic E-state index is 0.389. The first kappa shape index (κ1) is 16.0. The smallest absolute Gasteiger partial charge is 0.0297 e. The van der Waals surface area contributed by atoms with Crippen molar-refractivity contribution < 1.29 is 0 Å². The molecule has 1 unspecified atom stereocenters. The first-order valence-corrected chi connectivity index (χ1v) is 8.01. The molecule has 0 aliphatic rings. The molecule has 0 bridgehead atoms. The average molecular weight is 284 g/mol. The molecule has 1 N–H and O–H groups in total. The molecule has 0 heterocycles. The number of fused-ring (bicyclic) bond motifs is 1. The van der Waals surface area contributed by atoms with Gasteiger partial charge in [0.15, 0.2) is 0 Å². The summed E-state index contributed by atoms with van der Waals surface area (Å²) in [5.41, 5.74) is 1.39. The summed E-state index contributed by atoms with van der Waals surface area (Å²) in [7, 11) is 2.19. The van der Waals surface area contributed by atoms with Crippen molar-refractivity contribution >= 4 is 10.8 Å². The van der Waals surface area contributed by atoms with Gasteiger partial charge in [-0.1, -0.05) is 42.5 Å². The Kier molecular flexibility index (Phi) is 5.77. The molecule has 0 spiro atoms. The summed E-state index contributed by atoms with van der Waals surface area (Å²) in [6.07, 6.45) is 1.18. The van der Waals surface area contributed by atoms with E-state index in [1.54, 1.807) is 0 Å². The van der Waals surface area contributed by atoms with Gasteiger partial charge in [-0.25, -0.2) is 0 Å². The zero-order valence-corrected chi connectivity index (χ0v) is 13.8. The van der Waals surface area contributed by atoms with Crippen molar-refractivity contribution in [3.8, 4) is 0 Å². The summed E-state index contributed by atoms with van der Waals surface area (Å²) in [5, 5.41) is 6.34. The highest BCUT2D eigenvalue weighted by Crippen LogP contribution is 2.23. The van der Waals surface area contributed by atoms with E-state index in [0.717, 1.165) is 13.1 Å². The predicted molar refractivity (Wildman–Crippen MR) is 92.7 cm³/mol. The van der Waals surface area contributed by atoms with Crippen LogP contribution in [0.3, 0.4) is 0 Å². The monoisotopic (exact) mass is 284 g/mol. The molecule has 1 atom stereocenters. The molecule has 114 valence electrons. The standard InChI is InChI=1S/C19H28N2/c1-15(2)21(4)14-8-13-20-16(3)18-12-7-10-17-9-5-6-11-19(17)18/h5-7,9-12,15-16,20H,8,13-14H2,1-4H3. The van der Waals surface area contributed by atoms with Gasteiger partial charge in [0.2, 0.25) is 0 Å². The normalized spacial score (nSPS) is 13.2. The van der Waals surface area contributed by atoms with E-state index in [0.29, 0.717) is 12.1 Å². The second-order valence-corrected chi connectivity index (χ2v) is 6.17. The summed E-state index contributed by atoms with van der Waals surface area (Å²) in [6.45, 7) is 8.95. The Hall–Kier alpha value is -1.38. The third kappa shape index (κ3) is 4.29. The summed E-state index contributed by atoms with van der Waals surface area (Å²) in [4.78, 5) is 2.39. The van der Waals surface area contributed by atoms with Crippen LogP contribution in [0.1, 0.15) is 38.8 Å². The van der Waals surface area contributed by atoms with Crippen LogP contribution in [0.2, 0.25) is 0 Å². The third-order valence-corrected chi connectivity index (χ3v) is 4.31. The van der Waals surface area contributed by atoms with Crippen LogP contribution in [-0.2, 0) is 0 Å². The van der Waals surface area contributed by atoms with Crippen LogP contribution in [0.4, 0.5) is 0 Å². The van der Waals surface area contributed by atoms with Gasteiger partial charge in [-0.3, -0.25) is 0 Å². The summed E-state index contributed by atoms with van der Waals surface area (Å²) in [5.74, 6) is 0. The molecule has 2 aromatic rings. The van der Waals surface area contributed by atoms with Gasteiger partial charge in [-0.05, 0) is 63.7 Å².